The highest BCUT2D eigenvalue weighted by Crippen LogP contribution is 2.63. The fourth-order valence-corrected chi connectivity index (χ4v) is 6.84. The highest BCUT2D eigenvalue weighted by Gasteiger charge is 2.51. The van der Waals surface area contributed by atoms with Crippen molar-refractivity contribution in [2.75, 3.05) is 0 Å². The number of rotatable bonds is 3. The molecule has 0 spiro atoms. The summed E-state index contributed by atoms with van der Waals surface area (Å²) >= 11 is 3.69. The lowest BCUT2D eigenvalue weighted by Gasteiger charge is -2.57. The smallest absolute Gasteiger partial charge is 0.130 e. The van der Waals surface area contributed by atoms with Gasteiger partial charge >= 0.3 is 0 Å². The van der Waals surface area contributed by atoms with Crippen molar-refractivity contribution in [1.29, 1.82) is 0 Å². The fraction of sp³-hybridized carbons (Fsp3) is 0.667. The molecule has 114 valence electrons. The zero-order valence-electron chi connectivity index (χ0n) is 12.1. The molecule has 21 heavy (non-hydrogen) atoms. The third kappa shape index (κ3) is 2.56. The molecule has 4 aliphatic rings. The Bertz CT molecular complexity index is 519. The van der Waals surface area contributed by atoms with Crippen LogP contribution in [0.1, 0.15) is 55.3 Å². The summed E-state index contributed by atoms with van der Waals surface area (Å²) in [5, 5.41) is 0. The number of halogens is 3. The SMILES string of the molecule is Fc1ccc(C(Br)CC23CC4CC(CC(C4)C2)C3)c(F)c1. The molecule has 4 saturated carbocycles. The molecule has 0 heterocycles. The molecular weight excluding hydrogens is 334 g/mol. The average Bonchev–Trinajstić information content (AvgIpc) is 2.35. The van der Waals surface area contributed by atoms with E-state index in [-0.39, 0.29) is 4.83 Å². The van der Waals surface area contributed by atoms with E-state index >= 15 is 0 Å². The first-order valence-electron chi connectivity index (χ1n) is 8.12. The maximum atomic E-state index is 14.0. The van der Waals surface area contributed by atoms with Crippen molar-refractivity contribution in [2.45, 2.75) is 49.8 Å². The van der Waals surface area contributed by atoms with Crippen molar-refractivity contribution in [2.24, 2.45) is 23.2 Å². The molecule has 0 nitrogen and oxygen atoms in total. The molecule has 1 aromatic carbocycles. The van der Waals surface area contributed by atoms with Crippen LogP contribution in [0.15, 0.2) is 18.2 Å². The maximum absolute atomic E-state index is 14.0. The van der Waals surface area contributed by atoms with Gasteiger partial charge in [-0.3, -0.25) is 0 Å². The Balaban J connectivity index is 1.55. The minimum atomic E-state index is -0.495. The lowest BCUT2D eigenvalue weighted by atomic mass is 9.48. The minimum absolute atomic E-state index is 0.00866. The Morgan fingerprint density at radius 2 is 1.62 bits per heavy atom. The monoisotopic (exact) mass is 354 g/mol. The summed E-state index contributed by atoms with van der Waals surface area (Å²) in [5.74, 6) is 1.82. The predicted molar refractivity (Wildman–Crippen MR) is 83.2 cm³/mol. The second-order valence-corrected chi connectivity index (χ2v) is 8.86. The molecule has 1 aromatic rings. The number of benzene rings is 1. The van der Waals surface area contributed by atoms with E-state index in [4.69, 9.17) is 0 Å². The molecule has 0 amide bonds. The molecule has 0 aliphatic heterocycles. The van der Waals surface area contributed by atoms with E-state index in [1.807, 2.05) is 0 Å². The first-order valence-corrected chi connectivity index (χ1v) is 9.04. The van der Waals surface area contributed by atoms with Crippen LogP contribution < -0.4 is 0 Å². The van der Waals surface area contributed by atoms with Crippen LogP contribution in [0, 0.1) is 34.8 Å². The highest BCUT2D eigenvalue weighted by atomic mass is 79.9. The second kappa shape index (κ2) is 5.04. The van der Waals surface area contributed by atoms with Crippen LogP contribution >= 0.6 is 15.9 Å². The number of hydrogen-bond acceptors (Lipinski definition) is 0. The summed E-state index contributed by atoms with van der Waals surface area (Å²) in [6, 6.07) is 3.97. The molecule has 0 aromatic heterocycles. The van der Waals surface area contributed by atoms with Crippen LogP contribution in [0.2, 0.25) is 0 Å². The quantitative estimate of drug-likeness (QED) is 0.583. The summed E-state index contributed by atoms with van der Waals surface area (Å²) in [6.45, 7) is 0. The van der Waals surface area contributed by atoms with E-state index in [2.05, 4.69) is 15.9 Å². The van der Waals surface area contributed by atoms with Crippen LogP contribution in [-0.2, 0) is 0 Å². The lowest BCUT2D eigenvalue weighted by molar-refractivity contribution is -0.0571. The standard InChI is InChI=1S/C18H21BrF2/c19-16(15-2-1-14(20)6-17(15)21)10-18-7-11-3-12(8-18)5-13(4-11)9-18/h1-2,6,11-13,16H,3-5,7-10H2. The molecular formula is C18H21BrF2. The van der Waals surface area contributed by atoms with Gasteiger partial charge in [-0.15, -0.1) is 0 Å². The van der Waals surface area contributed by atoms with Gasteiger partial charge in [0.2, 0.25) is 0 Å². The van der Waals surface area contributed by atoms with Crippen LogP contribution in [0.4, 0.5) is 8.78 Å². The topological polar surface area (TPSA) is 0 Å². The summed E-state index contributed by atoms with van der Waals surface area (Å²) in [6.07, 6.45) is 9.25. The minimum Gasteiger partial charge on any atom is -0.207 e. The Kier molecular flexibility index (Phi) is 3.40. The molecule has 5 rings (SSSR count). The van der Waals surface area contributed by atoms with Crippen LogP contribution in [0.3, 0.4) is 0 Å². The van der Waals surface area contributed by atoms with Crippen LogP contribution in [0.5, 0.6) is 0 Å². The molecule has 1 unspecified atom stereocenters. The van der Waals surface area contributed by atoms with Crippen LogP contribution in [0.25, 0.3) is 0 Å². The van der Waals surface area contributed by atoms with Gasteiger partial charge in [0, 0.05) is 16.5 Å². The van der Waals surface area contributed by atoms with Gasteiger partial charge < -0.3 is 0 Å². The van der Waals surface area contributed by atoms with Gasteiger partial charge in [-0.05, 0) is 74.2 Å². The Labute approximate surface area is 133 Å². The van der Waals surface area contributed by atoms with Crippen molar-refractivity contribution in [3.63, 3.8) is 0 Å². The number of hydrogen-bond donors (Lipinski definition) is 0. The summed E-state index contributed by atoms with van der Waals surface area (Å²) in [4.78, 5) is 0.00866. The zero-order valence-corrected chi connectivity index (χ0v) is 13.7. The summed E-state index contributed by atoms with van der Waals surface area (Å²) < 4.78 is 27.1. The van der Waals surface area contributed by atoms with Gasteiger partial charge in [-0.25, -0.2) is 8.78 Å². The molecule has 4 aliphatic carbocycles. The summed E-state index contributed by atoms with van der Waals surface area (Å²) in [5.41, 5.74) is 1.02. The normalized spacial score (nSPS) is 38.7. The molecule has 3 heteroatoms. The predicted octanol–water partition coefficient (Wildman–Crippen LogP) is 6.01. The van der Waals surface area contributed by atoms with Gasteiger partial charge in [0.25, 0.3) is 0 Å². The molecule has 4 bridgehead atoms. The van der Waals surface area contributed by atoms with Crippen LogP contribution in [-0.4, -0.2) is 0 Å². The molecule has 0 N–H and O–H groups in total. The maximum Gasteiger partial charge on any atom is 0.130 e. The second-order valence-electron chi connectivity index (χ2n) is 7.76. The van der Waals surface area contributed by atoms with Crippen molar-refractivity contribution >= 4 is 15.9 Å². The van der Waals surface area contributed by atoms with Crippen molar-refractivity contribution in [1.82, 2.24) is 0 Å². The van der Waals surface area contributed by atoms with Crippen molar-refractivity contribution < 1.29 is 8.78 Å². The van der Waals surface area contributed by atoms with E-state index in [0.29, 0.717) is 11.0 Å². The Morgan fingerprint density at radius 3 is 2.14 bits per heavy atom. The number of alkyl halides is 1. The fourth-order valence-electron chi connectivity index (χ4n) is 5.79. The molecule has 4 fully saturated rings. The van der Waals surface area contributed by atoms with Gasteiger partial charge in [-0.1, -0.05) is 22.0 Å². The van der Waals surface area contributed by atoms with Gasteiger partial charge in [0.1, 0.15) is 11.6 Å². The highest BCUT2D eigenvalue weighted by molar-refractivity contribution is 9.09. The Hall–Kier alpha value is -0.440. The molecule has 0 radical (unpaired) electrons. The van der Waals surface area contributed by atoms with E-state index in [9.17, 15) is 8.78 Å². The first kappa shape index (κ1) is 14.2. The third-order valence-electron chi connectivity index (χ3n) is 6.08. The third-order valence-corrected chi connectivity index (χ3v) is 6.89. The average molecular weight is 355 g/mol. The van der Waals surface area contributed by atoms with E-state index in [1.54, 1.807) is 6.07 Å². The van der Waals surface area contributed by atoms with Gasteiger partial charge in [-0.2, -0.15) is 0 Å². The van der Waals surface area contributed by atoms with E-state index < -0.39 is 11.6 Å². The van der Waals surface area contributed by atoms with Gasteiger partial charge in [0.15, 0.2) is 0 Å². The first-order chi connectivity index (χ1) is 10.0. The molecule has 1 atom stereocenters. The largest absolute Gasteiger partial charge is 0.207 e. The summed E-state index contributed by atoms with van der Waals surface area (Å²) in [7, 11) is 0. The zero-order chi connectivity index (χ0) is 14.6. The lowest BCUT2D eigenvalue weighted by Crippen LogP contribution is -2.46. The molecule has 0 saturated heterocycles. The van der Waals surface area contributed by atoms with E-state index in [0.717, 1.165) is 30.2 Å². The Morgan fingerprint density at radius 1 is 1.05 bits per heavy atom. The van der Waals surface area contributed by atoms with Crippen molar-refractivity contribution in [3.8, 4) is 0 Å². The van der Waals surface area contributed by atoms with Crippen molar-refractivity contribution in [3.05, 3.63) is 35.4 Å². The van der Waals surface area contributed by atoms with E-state index in [1.165, 1.54) is 44.6 Å². The van der Waals surface area contributed by atoms with Gasteiger partial charge in [0.05, 0.1) is 0 Å².